The minimum Gasteiger partial charge on any atom is -0.392 e. The van der Waals surface area contributed by atoms with Gasteiger partial charge in [0.2, 0.25) is 0 Å². The maximum absolute atomic E-state index is 13.6. The topological polar surface area (TPSA) is 94.8 Å². The summed E-state index contributed by atoms with van der Waals surface area (Å²) in [6, 6.07) is 10.6. The highest BCUT2D eigenvalue weighted by Crippen LogP contribution is 2.39. The van der Waals surface area contributed by atoms with Crippen LogP contribution >= 0.6 is 0 Å². The van der Waals surface area contributed by atoms with Crippen molar-refractivity contribution < 1.29 is 14.3 Å². The van der Waals surface area contributed by atoms with Gasteiger partial charge < -0.3 is 20.6 Å². The van der Waals surface area contributed by atoms with Gasteiger partial charge in [0.25, 0.3) is 5.91 Å². The number of nitrogens with one attached hydrogen (secondary N) is 2. The van der Waals surface area contributed by atoms with Crippen LogP contribution in [0.1, 0.15) is 28.8 Å². The number of anilines is 3. The second-order valence-electron chi connectivity index (χ2n) is 9.93. The van der Waals surface area contributed by atoms with Gasteiger partial charge in [0.1, 0.15) is 17.3 Å². The van der Waals surface area contributed by atoms with Crippen LogP contribution in [0.25, 0.3) is 16.9 Å². The quantitative estimate of drug-likeness (QED) is 0.409. The second kappa shape index (κ2) is 8.03. The van der Waals surface area contributed by atoms with Crippen LogP contribution in [0, 0.1) is 17.7 Å². The Morgan fingerprint density at radius 1 is 1.06 bits per heavy atom. The number of piperidine rings is 1. The molecule has 3 aromatic heterocycles. The van der Waals surface area contributed by atoms with Gasteiger partial charge in [0, 0.05) is 49.3 Å². The van der Waals surface area contributed by atoms with E-state index >= 15 is 0 Å². The van der Waals surface area contributed by atoms with Crippen LogP contribution in [0.4, 0.5) is 21.6 Å². The lowest BCUT2D eigenvalue weighted by atomic mass is 9.95. The zero-order valence-corrected chi connectivity index (χ0v) is 19.5. The fourth-order valence-corrected chi connectivity index (χ4v) is 6.04. The molecule has 1 saturated heterocycles. The first-order valence-corrected chi connectivity index (χ1v) is 12.3. The van der Waals surface area contributed by atoms with Gasteiger partial charge in [-0.05, 0) is 42.7 Å². The van der Waals surface area contributed by atoms with Crippen molar-refractivity contribution in [1.82, 2.24) is 19.7 Å². The number of aliphatic hydroxyl groups excluding tert-OH is 1. The Bertz CT molecular complexity index is 1490. The van der Waals surface area contributed by atoms with Crippen molar-refractivity contribution in [1.29, 1.82) is 0 Å². The maximum atomic E-state index is 13.6. The molecule has 2 bridgehead atoms. The summed E-state index contributed by atoms with van der Waals surface area (Å²) in [6.07, 6.45) is 7.20. The minimum atomic E-state index is -0.343. The third-order valence-corrected chi connectivity index (χ3v) is 7.88. The molecule has 3 N–H and O–H groups in total. The average molecular weight is 485 g/mol. The SMILES string of the molecule is O=C1NCc2c(-c3cnc4cc(F)ccn34)ccc(Nc3ccc(N4CC5CCC(C4)C5O)cn3)c21. The number of carbonyl (C=O) groups excluding carboxylic acids is 1. The average Bonchev–Trinajstić information content (AvgIpc) is 3.52. The van der Waals surface area contributed by atoms with Gasteiger partial charge in [-0.1, -0.05) is 6.07 Å². The van der Waals surface area contributed by atoms with Gasteiger partial charge in [-0.3, -0.25) is 9.20 Å². The molecule has 1 saturated carbocycles. The number of nitrogens with zero attached hydrogens (tertiary/aromatic N) is 4. The van der Waals surface area contributed by atoms with Gasteiger partial charge >= 0.3 is 0 Å². The molecule has 3 aliphatic rings. The summed E-state index contributed by atoms with van der Waals surface area (Å²) in [4.78, 5) is 24.0. The van der Waals surface area contributed by atoms with E-state index in [2.05, 4.69) is 25.5 Å². The normalized spacial score (nSPS) is 22.7. The minimum absolute atomic E-state index is 0.145. The predicted octanol–water partition coefficient (Wildman–Crippen LogP) is 3.73. The number of pyridine rings is 2. The molecule has 1 amide bonds. The highest BCUT2D eigenvalue weighted by molar-refractivity contribution is 6.06. The van der Waals surface area contributed by atoms with E-state index in [1.807, 2.05) is 34.9 Å². The monoisotopic (exact) mass is 484 g/mol. The summed E-state index contributed by atoms with van der Waals surface area (Å²) in [7, 11) is 0. The molecule has 2 atom stereocenters. The van der Waals surface area contributed by atoms with Crippen LogP contribution in [-0.4, -0.2) is 44.6 Å². The van der Waals surface area contributed by atoms with Gasteiger partial charge in [0.05, 0.1) is 41.1 Å². The first kappa shape index (κ1) is 21.3. The fraction of sp³-hybridized carbons (Fsp3) is 0.296. The molecule has 0 spiro atoms. The van der Waals surface area contributed by atoms with Crippen molar-refractivity contribution in [3.63, 3.8) is 0 Å². The van der Waals surface area contributed by atoms with E-state index in [0.29, 0.717) is 41.1 Å². The number of hydrogen-bond donors (Lipinski definition) is 3. The Labute approximate surface area is 206 Å². The number of hydrogen-bond acceptors (Lipinski definition) is 6. The smallest absolute Gasteiger partial charge is 0.254 e. The van der Waals surface area contributed by atoms with E-state index in [4.69, 9.17) is 0 Å². The molecule has 5 heterocycles. The van der Waals surface area contributed by atoms with Gasteiger partial charge in [-0.2, -0.15) is 0 Å². The summed E-state index contributed by atoms with van der Waals surface area (Å²) in [5.41, 5.74) is 5.37. The van der Waals surface area contributed by atoms with Crippen molar-refractivity contribution in [2.24, 2.45) is 11.8 Å². The number of carbonyl (C=O) groups is 1. The maximum Gasteiger partial charge on any atom is 0.254 e. The zero-order valence-electron chi connectivity index (χ0n) is 19.5. The molecule has 1 aliphatic carbocycles. The van der Waals surface area contributed by atoms with Crippen molar-refractivity contribution in [3.05, 3.63) is 71.9 Å². The molecular formula is C27H25FN6O2. The Kier molecular flexibility index (Phi) is 4.75. The first-order valence-electron chi connectivity index (χ1n) is 12.3. The standard InChI is InChI=1S/C27H25FN6O2/c28-17-7-8-34-22(12-30-24(34)9-17)19-4-5-21(25-20(19)11-31-27(25)36)32-23-6-3-18(10-29-23)33-13-15-1-2-16(14-33)26(15)35/h3-10,12,15-16,26,35H,1-2,11,13-14H2,(H,29,32)(H,31,36). The van der Waals surface area contributed by atoms with Crippen LogP contribution in [0.2, 0.25) is 0 Å². The Hall–Kier alpha value is -3.98. The Morgan fingerprint density at radius 2 is 1.89 bits per heavy atom. The van der Waals surface area contributed by atoms with Crippen LogP contribution in [0.3, 0.4) is 0 Å². The first-order chi connectivity index (χ1) is 17.5. The van der Waals surface area contributed by atoms with Crippen LogP contribution < -0.4 is 15.5 Å². The van der Waals surface area contributed by atoms with Crippen molar-refractivity contribution in [3.8, 4) is 11.3 Å². The molecule has 8 nitrogen and oxygen atoms in total. The highest BCUT2D eigenvalue weighted by atomic mass is 19.1. The zero-order chi connectivity index (χ0) is 24.4. The summed E-state index contributed by atoms with van der Waals surface area (Å²) in [5.74, 6) is 0.845. The highest BCUT2D eigenvalue weighted by Gasteiger charge is 2.41. The number of imidazole rings is 1. The number of aromatic nitrogens is 3. The van der Waals surface area contributed by atoms with Gasteiger partial charge in [-0.25, -0.2) is 14.4 Å². The summed E-state index contributed by atoms with van der Waals surface area (Å²) < 4.78 is 15.4. The van der Waals surface area contributed by atoms with Crippen LogP contribution in [0.15, 0.2) is 55.0 Å². The lowest BCUT2D eigenvalue weighted by Crippen LogP contribution is -2.44. The Balaban J connectivity index is 1.18. The number of aliphatic hydroxyl groups is 1. The summed E-state index contributed by atoms with van der Waals surface area (Å²) in [6.45, 7) is 2.12. The van der Waals surface area contributed by atoms with E-state index in [0.717, 1.165) is 48.4 Å². The van der Waals surface area contributed by atoms with E-state index in [-0.39, 0.29) is 17.8 Å². The molecule has 4 aromatic rings. The number of benzene rings is 1. The fourth-order valence-electron chi connectivity index (χ4n) is 6.04. The Morgan fingerprint density at radius 3 is 2.67 bits per heavy atom. The number of rotatable bonds is 4. The molecule has 182 valence electrons. The van der Waals surface area contributed by atoms with Gasteiger partial charge in [0.15, 0.2) is 0 Å². The lowest BCUT2D eigenvalue weighted by molar-refractivity contribution is 0.0792. The van der Waals surface area contributed by atoms with Crippen LogP contribution in [-0.2, 0) is 6.54 Å². The molecule has 9 heteroatoms. The van der Waals surface area contributed by atoms with Gasteiger partial charge in [-0.15, -0.1) is 0 Å². The van der Waals surface area contributed by atoms with Crippen molar-refractivity contribution >= 4 is 28.7 Å². The largest absolute Gasteiger partial charge is 0.392 e. The number of halogens is 1. The molecule has 0 radical (unpaired) electrons. The molecule has 2 aliphatic heterocycles. The van der Waals surface area contributed by atoms with Crippen molar-refractivity contribution in [2.75, 3.05) is 23.3 Å². The lowest BCUT2D eigenvalue weighted by Gasteiger charge is -2.36. The number of amides is 1. The third-order valence-electron chi connectivity index (χ3n) is 7.88. The molecule has 2 unspecified atom stereocenters. The molecule has 7 rings (SSSR count). The molecule has 1 aromatic carbocycles. The second-order valence-corrected chi connectivity index (χ2v) is 9.93. The van der Waals surface area contributed by atoms with E-state index in [1.165, 1.54) is 12.1 Å². The third kappa shape index (κ3) is 3.34. The van der Waals surface area contributed by atoms with E-state index < -0.39 is 0 Å². The number of fused-ring (bicyclic) bond motifs is 4. The molecular weight excluding hydrogens is 459 g/mol. The molecule has 36 heavy (non-hydrogen) atoms. The van der Waals surface area contributed by atoms with E-state index in [9.17, 15) is 14.3 Å². The van der Waals surface area contributed by atoms with Crippen molar-refractivity contribution in [2.45, 2.75) is 25.5 Å². The molecule has 2 fully saturated rings. The predicted molar refractivity (Wildman–Crippen MR) is 134 cm³/mol. The summed E-state index contributed by atoms with van der Waals surface area (Å²) >= 11 is 0. The summed E-state index contributed by atoms with van der Waals surface area (Å²) in [5, 5.41) is 16.6. The van der Waals surface area contributed by atoms with Crippen LogP contribution in [0.5, 0.6) is 0 Å². The van der Waals surface area contributed by atoms with E-state index in [1.54, 1.807) is 12.4 Å².